The van der Waals surface area contributed by atoms with Gasteiger partial charge in [0.25, 0.3) is 0 Å². The number of hydrogen-bond acceptors (Lipinski definition) is 2. The van der Waals surface area contributed by atoms with Crippen molar-refractivity contribution in [1.82, 2.24) is 4.98 Å². The highest BCUT2D eigenvalue weighted by Gasteiger charge is 2.62. The lowest BCUT2D eigenvalue weighted by Crippen LogP contribution is -2.34. The Kier molecular flexibility index (Phi) is 2.71. The smallest absolute Gasteiger partial charge is 0.441 e. The number of hydrogen-bond donors (Lipinski definition) is 0. The van der Waals surface area contributed by atoms with Crippen molar-refractivity contribution in [3.8, 4) is 0 Å². The molecule has 0 amide bonds. The van der Waals surface area contributed by atoms with Crippen molar-refractivity contribution in [3.63, 3.8) is 0 Å². The molecule has 0 saturated heterocycles. The third kappa shape index (κ3) is 1.68. The van der Waals surface area contributed by atoms with Crippen LogP contribution in [-0.4, -0.2) is 11.2 Å². The maximum absolute atomic E-state index is 12.6. The fourth-order valence-electron chi connectivity index (χ4n) is 0.748. The van der Waals surface area contributed by atoms with E-state index in [0.717, 1.165) is 0 Å². The first-order chi connectivity index (χ1) is 6.30. The molecule has 1 rings (SSSR count). The van der Waals surface area contributed by atoms with E-state index in [2.05, 4.69) is 9.40 Å². The van der Waals surface area contributed by atoms with Gasteiger partial charge in [0, 0.05) is 0 Å². The van der Waals surface area contributed by atoms with E-state index in [0.29, 0.717) is 6.39 Å². The number of rotatable bonds is 2. The van der Waals surface area contributed by atoms with Crippen LogP contribution in [0.4, 0.5) is 22.0 Å². The summed E-state index contributed by atoms with van der Waals surface area (Å²) in [5.74, 6) is -7.19. The molecule has 2 nitrogen and oxygen atoms in total. The Hall–Kier alpha value is -0.850. The lowest BCUT2D eigenvalue weighted by molar-refractivity contribution is -0.295. The summed E-state index contributed by atoms with van der Waals surface area (Å²) < 4.78 is 64.7. The maximum Gasteiger partial charge on any atom is 0.461 e. The first-order valence-electron chi connectivity index (χ1n) is 3.24. The molecule has 8 heteroatoms. The third-order valence-corrected chi connectivity index (χ3v) is 1.66. The molecule has 0 fully saturated rings. The predicted molar refractivity (Wildman–Crippen MR) is 36.0 cm³/mol. The molecule has 0 aliphatic carbocycles. The van der Waals surface area contributed by atoms with Gasteiger partial charge in [-0.2, -0.15) is 22.0 Å². The quantitative estimate of drug-likeness (QED) is 0.582. The number of alkyl halides is 6. The molecular formula is C6H3ClF5NO. The molecule has 0 aliphatic rings. The minimum atomic E-state index is -5.71. The third-order valence-electron chi connectivity index (χ3n) is 1.41. The van der Waals surface area contributed by atoms with Crippen LogP contribution in [0.2, 0.25) is 0 Å². The van der Waals surface area contributed by atoms with E-state index in [1.54, 1.807) is 0 Å². The Morgan fingerprint density at radius 1 is 1.29 bits per heavy atom. The van der Waals surface area contributed by atoms with E-state index < -0.39 is 29.4 Å². The van der Waals surface area contributed by atoms with Crippen LogP contribution in [0.5, 0.6) is 0 Å². The summed E-state index contributed by atoms with van der Waals surface area (Å²) >= 11 is 5.11. The van der Waals surface area contributed by atoms with E-state index in [1.807, 2.05) is 0 Å². The molecule has 0 N–H and O–H groups in total. The molecule has 1 heterocycles. The fourth-order valence-corrected chi connectivity index (χ4v) is 0.939. The van der Waals surface area contributed by atoms with Crippen molar-refractivity contribution in [3.05, 3.63) is 17.8 Å². The van der Waals surface area contributed by atoms with E-state index in [9.17, 15) is 22.0 Å². The summed E-state index contributed by atoms with van der Waals surface area (Å²) in [6, 6.07) is 0. The predicted octanol–water partition coefficient (Wildman–Crippen LogP) is 3.07. The van der Waals surface area contributed by atoms with Crippen LogP contribution in [0.15, 0.2) is 10.8 Å². The highest BCUT2D eigenvalue weighted by Crippen LogP contribution is 2.45. The zero-order chi connectivity index (χ0) is 11.0. The van der Waals surface area contributed by atoms with Gasteiger partial charge >= 0.3 is 12.1 Å². The van der Waals surface area contributed by atoms with Crippen molar-refractivity contribution in [2.75, 3.05) is 0 Å². The average molecular weight is 236 g/mol. The molecular weight excluding hydrogens is 233 g/mol. The van der Waals surface area contributed by atoms with Crippen LogP contribution in [0.25, 0.3) is 0 Å². The Bertz CT molecular complexity index is 320. The van der Waals surface area contributed by atoms with Crippen LogP contribution in [0.1, 0.15) is 11.5 Å². The molecule has 1 aromatic rings. The lowest BCUT2D eigenvalue weighted by Gasteiger charge is -2.17. The molecule has 0 aliphatic heterocycles. The van der Waals surface area contributed by atoms with Crippen LogP contribution in [0, 0.1) is 0 Å². The van der Waals surface area contributed by atoms with E-state index in [4.69, 9.17) is 11.6 Å². The second-order valence-corrected chi connectivity index (χ2v) is 2.60. The van der Waals surface area contributed by atoms with E-state index in [1.165, 1.54) is 0 Å². The van der Waals surface area contributed by atoms with Gasteiger partial charge in [0.1, 0.15) is 5.69 Å². The zero-order valence-corrected chi connectivity index (χ0v) is 7.16. The van der Waals surface area contributed by atoms with Crippen molar-refractivity contribution >= 4 is 11.6 Å². The van der Waals surface area contributed by atoms with Gasteiger partial charge in [-0.1, -0.05) is 0 Å². The standard InChI is InChI=1S/C6H3ClF5NO/c7-1-3-4(14-2-13-3)5(8,9)6(10,11)12/h2H,1H2. The van der Waals surface area contributed by atoms with Gasteiger partial charge < -0.3 is 4.42 Å². The number of nitrogens with zero attached hydrogens (tertiary/aromatic N) is 1. The van der Waals surface area contributed by atoms with Gasteiger partial charge in [-0.05, 0) is 0 Å². The SMILES string of the molecule is FC(F)(F)C(F)(F)c1ocnc1CCl. The Morgan fingerprint density at radius 2 is 1.86 bits per heavy atom. The summed E-state index contributed by atoms with van der Waals surface area (Å²) in [5.41, 5.74) is -0.617. The zero-order valence-electron chi connectivity index (χ0n) is 6.41. The topological polar surface area (TPSA) is 26.0 Å². The Morgan fingerprint density at radius 3 is 2.29 bits per heavy atom. The summed E-state index contributed by atoms with van der Waals surface area (Å²) in [6.07, 6.45) is -5.22. The van der Waals surface area contributed by atoms with Gasteiger partial charge in [-0.3, -0.25) is 0 Å². The van der Waals surface area contributed by atoms with Gasteiger partial charge in [0.05, 0.1) is 5.88 Å². The summed E-state index contributed by atoms with van der Waals surface area (Å²) in [7, 11) is 0. The van der Waals surface area contributed by atoms with E-state index in [-0.39, 0.29) is 0 Å². The van der Waals surface area contributed by atoms with Gasteiger partial charge in [-0.25, -0.2) is 4.98 Å². The van der Waals surface area contributed by atoms with Crippen molar-refractivity contribution in [1.29, 1.82) is 0 Å². The first kappa shape index (κ1) is 11.2. The van der Waals surface area contributed by atoms with Crippen molar-refractivity contribution < 1.29 is 26.4 Å². The molecule has 1 aromatic heterocycles. The highest BCUT2D eigenvalue weighted by molar-refractivity contribution is 6.16. The van der Waals surface area contributed by atoms with Crippen LogP contribution in [0.3, 0.4) is 0 Å². The average Bonchev–Trinajstić information content (AvgIpc) is 2.49. The molecule has 80 valence electrons. The molecule has 0 atom stereocenters. The second kappa shape index (κ2) is 3.38. The molecule has 0 radical (unpaired) electrons. The normalized spacial score (nSPS) is 13.3. The van der Waals surface area contributed by atoms with Crippen LogP contribution in [-0.2, 0) is 11.8 Å². The largest absolute Gasteiger partial charge is 0.461 e. The number of halogens is 6. The minimum absolute atomic E-state index is 0.493. The monoisotopic (exact) mass is 235 g/mol. The molecule has 0 spiro atoms. The molecule has 0 unspecified atom stereocenters. The first-order valence-corrected chi connectivity index (χ1v) is 3.77. The van der Waals surface area contributed by atoms with Gasteiger partial charge in [0.15, 0.2) is 6.39 Å². The lowest BCUT2D eigenvalue weighted by atomic mass is 10.2. The van der Waals surface area contributed by atoms with Crippen LogP contribution < -0.4 is 0 Å². The summed E-state index contributed by atoms with van der Waals surface area (Å²) in [4.78, 5) is 3.14. The second-order valence-electron chi connectivity index (χ2n) is 2.33. The van der Waals surface area contributed by atoms with E-state index >= 15 is 0 Å². The maximum atomic E-state index is 12.6. The van der Waals surface area contributed by atoms with Crippen molar-refractivity contribution in [2.24, 2.45) is 0 Å². The summed E-state index contributed by atoms with van der Waals surface area (Å²) in [5, 5.41) is 0. The number of oxazole rings is 1. The van der Waals surface area contributed by atoms with Gasteiger partial charge in [-0.15, -0.1) is 11.6 Å². The summed E-state index contributed by atoms with van der Waals surface area (Å²) in [6.45, 7) is 0. The Balaban J connectivity index is 3.16. The minimum Gasteiger partial charge on any atom is -0.441 e. The van der Waals surface area contributed by atoms with Gasteiger partial charge in [0.2, 0.25) is 5.76 Å². The molecule has 0 aromatic carbocycles. The molecule has 0 saturated carbocycles. The van der Waals surface area contributed by atoms with Crippen LogP contribution >= 0.6 is 11.6 Å². The van der Waals surface area contributed by atoms with Crippen molar-refractivity contribution in [2.45, 2.75) is 18.0 Å². The molecule has 14 heavy (non-hydrogen) atoms. The highest BCUT2D eigenvalue weighted by atomic mass is 35.5. The fraction of sp³-hybridized carbons (Fsp3) is 0.500. The Labute approximate surface area is 79.7 Å². The molecule has 0 bridgehead atoms. The number of aromatic nitrogens is 1.